The Balaban J connectivity index is 1.68. The van der Waals surface area contributed by atoms with Gasteiger partial charge in [-0.15, -0.1) is 6.58 Å². The summed E-state index contributed by atoms with van der Waals surface area (Å²) in [5.41, 5.74) is 1.77. The molecule has 1 aliphatic carbocycles. The topological polar surface area (TPSA) is 88.5 Å². The van der Waals surface area contributed by atoms with Gasteiger partial charge in [0.1, 0.15) is 5.82 Å². The van der Waals surface area contributed by atoms with Gasteiger partial charge in [0.15, 0.2) is 0 Å². The molecule has 0 spiro atoms. The Morgan fingerprint density at radius 2 is 2.03 bits per heavy atom. The molecule has 36 heavy (non-hydrogen) atoms. The molecule has 0 saturated heterocycles. The third-order valence-corrected chi connectivity index (χ3v) is 6.99. The molecule has 0 unspecified atom stereocenters. The van der Waals surface area contributed by atoms with Crippen LogP contribution in [0, 0.1) is 5.41 Å². The number of methoxy groups -OCH3 is 1. The number of amides is 2. The highest BCUT2D eigenvalue weighted by molar-refractivity contribution is 6.31. The zero-order valence-electron chi connectivity index (χ0n) is 20.7. The lowest BCUT2D eigenvalue weighted by molar-refractivity contribution is -0.130. The zero-order valence-corrected chi connectivity index (χ0v) is 21.4. The second-order valence-electron chi connectivity index (χ2n) is 9.10. The predicted molar refractivity (Wildman–Crippen MR) is 142 cm³/mol. The Hall–Kier alpha value is -3.36. The van der Waals surface area contributed by atoms with Gasteiger partial charge in [0.05, 0.1) is 30.1 Å². The molecule has 9 heteroatoms. The average Bonchev–Trinajstić information content (AvgIpc) is 3.20. The standard InChI is InChI=1S/C27H32ClN5O3/c1-4-27(16-20(17-27)30-26(35)36-3)25(34)33(21-9-6-5-7-10-21)18-24-31-22-15-19(28)11-12-23(22)32(24)14-8-13-29-2/h4-7,9-12,15,20,29H,1,8,13-14,16-18H2,2-3H3,(H,30,35). The quantitative estimate of drug-likeness (QED) is 0.310. The van der Waals surface area contributed by atoms with E-state index >= 15 is 0 Å². The van der Waals surface area contributed by atoms with Crippen molar-refractivity contribution in [2.45, 2.75) is 38.4 Å². The molecule has 1 aromatic heterocycles. The van der Waals surface area contributed by atoms with Crippen molar-refractivity contribution < 1.29 is 14.3 Å². The predicted octanol–water partition coefficient (Wildman–Crippen LogP) is 4.52. The van der Waals surface area contributed by atoms with Crippen molar-refractivity contribution in [3.8, 4) is 0 Å². The number of fused-ring (bicyclic) bond motifs is 1. The smallest absolute Gasteiger partial charge is 0.407 e. The van der Waals surface area contributed by atoms with Crippen LogP contribution in [0.25, 0.3) is 11.0 Å². The highest BCUT2D eigenvalue weighted by Gasteiger charge is 2.50. The summed E-state index contributed by atoms with van der Waals surface area (Å²) >= 11 is 6.25. The van der Waals surface area contributed by atoms with E-state index in [1.807, 2.05) is 55.6 Å². The molecule has 3 aromatic rings. The summed E-state index contributed by atoms with van der Waals surface area (Å²) in [6, 6.07) is 15.1. The van der Waals surface area contributed by atoms with Crippen LogP contribution >= 0.6 is 11.6 Å². The number of para-hydroxylation sites is 1. The van der Waals surface area contributed by atoms with Crippen LogP contribution in [0.3, 0.4) is 0 Å². The van der Waals surface area contributed by atoms with Crippen molar-refractivity contribution in [1.82, 2.24) is 20.2 Å². The Morgan fingerprint density at radius 3 is 2.69 bits per heavy atom. The van der Waals surface area contributed by atoms with Gasteiger partial charge in [0.25, 0.3) is 0 Å². The van der Waals surface area contributed by atoms with Crippen LogP contribution in [-0.2, 0) is 22.6 Å². The number of rotatable bonds is 10. The van der Waals surface area contributed by atoms with E-state index in [-0.39, 0.29) is 11.9 Å². The van der Waals surface area contributed by atoms with E-state index in [1.54, 1.807) is 11.0 Å². The normalized spacial score (nSPS) is 18.9. The van der Waals surface area contributed by atoms with Gasteiger partial charge in [-0.2, -0.15) is 0 Å². The average molecular weight is 510 g/mol. The number of anilines is 1. The van der Waals surface area contributed by atoms with Crippen LogP contribution in [0.1, 0.15) is 25.1 Å². The number of nitrogens with zero attached hydrogens (tertiary/aromatic N) is 3. The van der Waals surface area contributed by atoms with Gasteiger partial charge in [-0.05, 0) is 63.2 Å². The Bertz CT molecular complexity index is 1240. The van der Waals surface area contributed by atoms with Crippen LogP contribution in [-0.4, -0.2) is 48.3 Å². The molecule has 8 nitrogen and oxygen atoms in total. The summed E-state index contributed by atoms with van der Waals surface area (Å²) in [4.78, 5) is 32.4. The molecule has 1 fully saturated rings. The number of aryl methyl sites for hydroxylation is 1. The molecule has 190 valence electrons. The maximum atomic E-state index is 14.1. The second kappa shape index (κ2) is 11.1. The van der Waals surface area contributed by atoms with E-state index in [9.17, 15) is 9.59 Å². The maximum absolute atomic E-state index is 14.1. The summed E-state index contributed by atoms with van der Waals surface area (Å²) in [6.07, 6.45) is 3.04. The number of halogens is 1. The molecule has 2 aromatic carbocycles. The summed E-state index contributed by atoms with van der Waals surface area (Å²) < 4.78 is 6.87. The number of carbonyl (C=O) groups excluding carboxylic acids is 2. The molecule has 1 saturated carbocycles. The van der Waals surface area contributed by atoms with E-state index in [0.717, 1.165) is 42.1 Å². The molecule has 0 radical (unpaired) electrons. The fraction of sp³-hybridized carbons (Fsp3) is 0.370. The van der Waals surface area contributed by atoms with Crippen molar-refractivity contribution in [1.29, 1.82) is 0 Å². The van der Waals surface area contributed by atoms with Crippen LogP contribution in [0.4, 0.5) is 10.5 Å². The molecular formula is C27H32ClN5O3. The van der Waals surface area contributed by atoms with Gasteiger partial charge < -0.3 is 24.8 Å². The molecule has 1 aliphatic rings. The minimum atomic E-state index is -0.784. The highest BCUT2D eigenvalue weighted by atomic mass is 35.5. The minimum Gasteiger partial charge on any atom is -0.453 e. The first-order valence-corrected chi connectivity index (χ1v) is 12.4. The molecule has 0 atom stereocenters. The van der Waals surface area contributed by atoms with E-state index in [4.69, 9.17) is 21.3 Å². The molecule has 2 N–H and O–H groups in total. The number of hydrogen-bond donors (Lipinski definition) is 2. The highest BCUT2D eigenvalue weighted by Crippen LogP contribution is 2.45. The molecule has 0 bridgehead atoms. The lowest BCUT2D eigenvalue weighted by atomic mass is 9.64. The van der Waals surface area contributed by atoms with Gasteiger partial charge in [0.2, 0.25) is 5.91 Å². The summed E-state index contributed by atoms with van der Waals surface area (Å²) in [5.74, 6) is 0.710. The van der Waals surface area contributed by atoms with E-state index in [1.165, 1.54) is 7.11 Å². The fourth-order valence-electron chi connectivity index (χ4n) is 4.81. The lowest BCUT2D eigenvalue weighted by Crippen LogP contribution is -2.57. The first-order chi connectivity index (χ1) is 17.4. The van der Waals surface area contributed by atoms with Gasteiger partial charge >= 0.3 is 6.09 Å². The number of ether oxygens (including phenoxy) is 1. The summed E-state index contributed by atoms with van der Waals surface area (Å²) in [7, 11) is 3.26. The van der Waals surface area contributed by atoms with Crippen molar-refractivity contribution in [2.24, 2.45) is 5.41 Å². The number of imidazole rings is 1. The second-order valence-corrected chi connectivity index (χ2v) is 9.53. The first kappa shape index (κ1) is 25.7. The first-order valence-electron chi connectivity index (χ1n) is 12.0. The molecule has 1 heterocycles. The Labute approximate surface area is 216 Å². The van der Waals surface area contributed by atoms with Crippen LogP contribution in [0.5, 0.6) is 0 Å². The number of aromatic nitrogens is 2. The molecule has 0 aliphatic heterocycles. The van der Waals surface area contributed by atoms with Gasteiger partial charge in [-0.25, -0.2) is 9.78 Å². The van der Waals surface area contributed by atoms with Gasteiger partial charge in [-0.3, -0.25) is 4.79 Å². The van der Waals surface area contributed by atoms with Crippen LogP contribution in [0.15, 0.2) is 61.2 Å². The number of alkyl carbamates (subject to hydrolysis) is 1. The molecular weight excluding hydrogens is 478 g/mol. The minimum absolute atomic E-state index is 0.0709. The third kappa shape index (κ3) is 5.24. The zero-order chi connectivity index (χ0) is 25.7. The van der Waals surface area contributed by atoms with Gasteiger partial charge in [0, 0.05) is 23.3 Å². The van der Waals surface area contributed by atoms with Crippen molar-refractivity contribution >= 4 is 40.3 Å². The molecule has 4 rings (SSSR count). The van der Waals surface area contributed by atoms with Crippen LogP contribution in [0.2, 0.25) is 5.02 Å². The maximum Gasteiger partial charge on any atom is 0.407 e. The van der Waals surface area contributed by atoms with Crippen molar-refractivity contribution in [3.05, 3.63) is 72.0 Å². The van der Waals surface area contributed by atoms with Crippen molar-refractivity contribution in [3.63, 3.8) is 0 Å². The van der Waals surface area contributed by atoms with E-state index in [2.05, 4.69) is 21.8 Å². The lowest BCUT2D eigenvalue weighted by Gasteiger charge is -2.46. The Morgan fingerprint density at radius 1 is 1.28 bits per heavy atom. The number of carbonyl (C=O) groups is 2. The number of benzene rings is 2. The summed E-state index contributed by atoms with van der Waals surface area (Å²) in [6.45, 7) is 5.88. The monoisotopic (exact) mass is 509 g/mol. The number of hydrogen-bond acceptors (Lipinski definition) is 5. The van der Waals surface area contributed by atoms with Crippen LogP contribution < -0.4 is 15.5 Å². The van der Waals surface area contributed by atoms with E-state index in [0.29, 0.717) is 24.4 Å². The van der Waals surface area contributed by atoms with E-state index < -0.39 is 11.5 Å². The third-order valence-electron chi connectivity index (χ3n) is 6.76. The van der Waals surface area contributed by atoms with Gasteiger partial charge in [-0.1, -0.05) is 35.9 Å². The largest absolute Gasteiger partial charge is 0.453 e. The Kier molecular flexibility index (Phi) is 7.96. The number of nitrogens with one attached hydrogen (secondary N) is 2. The fourth-order valence-corrected chi connectivity index (χ4v) is 4.98. The van der Waals surface area contributed by atoms with Crippen molar-refractivity contribution in [2.75, 3.05) is 25.6 Å². The SMILES string of the molecule is C=CC1(C(=O)N(Cc2nc3cc(Cl)ccc3n2CCCNC)c2ccccc2)CC(NC(=O)OC)C1. The summed E-state index contributed by atoms with van der Waals surface area (Å²) in [5, 5.41) is 6.59. The molecule has 2 amide bonds.